The molecule has 0 saturated heterocycles. The van der Waals surface area contributed by atoms with E-state index in [9.17, 15) is 9.59 Å². The third-order valence-electron chi connectivity index (χ3n) is 0.712. The van der Waals surface area contributed by atoms with Gasteiger partial charge in [-0.3, -0.25) is 9.59 Å². The molecule has 10 heavy (non-hydrogen) atoms. The molecule has 0 heterocycles. The van der Waals surface area contributed by atoms with Crippen molar-refractivity contribution in [3.63, 3.8) is 0 Å². The topological polar surface area (TPSA) is 101 Å². The number of nitrogens with two attached hydrogens (primary N) is 1. The van der Waals surface area contributed by atoms with Crippen LogP contribution < -0.4 is 5.73 Å². The Kier molecular flexibility index (Phi) is 6.34. The van der Waals surface area contributed by atoms with Crippen molar-refractivity contribution in [2.24, 2.45) is 5.73 Å². The van der Waals surface area contributed by atoms with E-state index >= 15 is 0 Å². The van der Waals surface area contributed by atoms with Crippen molar-refractivity contribution >= 4 is 11.9 Å². The Balaban J connectivity index is 0. The minimum Gasteiger partial charge on any atom is -0.481 e. The molecule has 0 aromatic rings. The molecule has 59 valence electrons. The first-order valence-corrected chi connectivity index (χ1v) is 2.24. The Morgan fingerprint density at radius 1 is 1.40 bits per heavy atom. The van der Waals surface area contributed by atoms with Gasteiger partial charge in [-0.2, -0.15) is 0 Å². The summed E-state index contributed by atoms with van der Waals surface area (Å²) < 4.78 is 0. The van der Waals surface area contributed by atoms with Crippen LogP contribution >= 0.6 is 0 Å². The summed E-state index contributed by atoms with van der Waals surface area (Å²) in [5.74, 6) is -2.50. The minimum absolute atomic E-state index is 0. The largest absolute Gasteiger partial charge is 0.481 e. The van der Waals surface area contributed by atoms with Gasteiger partial charge >= 0.3 is 11.9 Å². The van der Waals surface area contributed by atoms with Crippen LogP contribution in [0.25, 0.3) is 0 Å². The van der Waals surface area contributed by atoms with Gasteiger partial charge in [0, 0.05) is 17.1 Å². The van der Waals surface area contributed by atoms with E-state index in [0.717, 1.165) is 0 Å². The van der Waals surface area contributed by atoms with Gasteiger partial charge in [-0.25, -0.2) is 0 Å². The van der Waals surface area contributed by atoms with Gasteiger partial charge in [0.1, 0.15) is 6.04 Å². The average molecular weight is 188 g/mol. The van der Waals surface area contributed by atoms with Crippen molar-refractivity contribution in [3.8, 4) is 0 Å². The van der Waals surface area contributed by atoms with Crippen LogP contribution in [0.4, 0.5) is 0 Å². The molecule has 0 rings (SSSR count). The number of aliphatic carboxylic acids is 2. The fourth-order valence-electron chi connectivity index (χ4n) is 0.275. The number of carboxylic acid groups (broad SMARTS) is 2. The number of carbonyl (C=O) groups is 2. The van der Waals surface area contributed by atoms with Crippen LogP contribution in [0.15, 0.2) is 0 Å². The van der Waals surface area contributed by atoms with Crippen molar-refractivity contribution in [2.45, 2.75) is 12.5 Å². The van der Waals surface area contributed by atoms with E-state index in [0.29, 0.717) is 0 Å². The molecule has 4 N–H and O–H groups in total. The van der Waals surface area contributed by atoms with E-state index in [1.54, 1.807) is 0 Å². The van der Waals surface area contributed by atoms with Gasteiger partial charge in [-0.1, -0.05) is 0 Å². The molecular formula is C4H7MnNO4. The zero-order chi connectivity index (χ0) is 7.44. The first kappa shape index (κ1) is 12.1. The summed E-state index contributed by atoms with van der Waals surface area (Å²) in [6.07, 6.45) is -0.532. The molecule has 5 nitrogen and oxygen atoms in total. The molecular weight excluding hydrogens is 181 g/mol. The van der Waals surface area contributed by atoms with Crippen LogP contribution in [0.1, 0.15) is 6.42 Å². The van der Waals surface area contributed by atoms with Crippen molar-refractivity contribution in [3.05, 3.63) is 0 Å². The molecule has 1 radical (unpaired) electrons. The maximum Gasteiger partial charge on any atom is 0.321 e. The van der Waals surface area contributed by atoms with Crippen molar-refractivity contribution in [2.75, 3.05) is 0 Å². The van der Waals surface area contributed by atoms with E-state index in [-0.39, 0.29) is 17.1 Å². The third-order valence-corrected chi connectivity index (χ3v) is 0.712. The number of hydrogen-bond acceptors (Lipinski definition) is 3. The molecule has 0 aliphatic carbocycles. The van der Waals surface area contributed by atoms with Gasteiger partial charge in [-0.05, 0) is 0 Å². The molecule has 0 bridgehead atoms. The predicted octanol–water partition coefficient (Wildman–Crippen LogP) is -1.13. The van der Waals surface area contributed by atoms with Crippen molar-refractivity contribution in [1.82, 2.24) is 0 Å². The summed E-state index contributed by atoms with van der Waals surface area (Å²) in [7, 11) is 0. The number of rotatable bonds is 3. The maximum absolute atomic E-state index is 9.85. The molecule has 0 aliphatic rings. The summed E-state index contributed by atoms with van der Waals surface area (Å²) >= 11 is 0. The van der Waals surface area contributed by atoms with Crippen LogP contribution in [0, 0.1) is 0 Å². The van der Waals surface area contributed by atoms with Crippen LogP contribution in [-0.4, -0.2) is 28.2 Å². The second kappa shape index (κ2) is 5.22. The van der Waals surface area contributed by atoms with E-state index in [1.165, 1.54) is 0 Å². The van der Waals surface area contributed by atoms with Crippen LogP contribution in [0.5, 0.6) is 0 Å². The molecule has 1 atom stereocenters. The molecule has 0 spiro atoms. The third kappa shape index (κ3) is 5.55. The molecule has 6 heteroatoms. The van der Waals surface area contributed by atoms with Crippen LogP contribution in [-0.2, 0) is 26.7 Å². The molecule has 0 aromatic heterocycles. The second-order valence-corrected chi connectivity index (χ2v) is 1.54. The van der Waals surface area contributed by atoms with Gasteiger partial charge in [0.2, 0.25) is 0 Å². The Morgan fingerprint density at radius 2 is 1.80 bits per heavy atom. The van der Waals surface area contributed by atoms with Gasteiger partial charge in [-0.15, -0.1) is 0 Å². The van der Waals surface area contributed by atoms with Crippen LogP contribution in [0.2, 0.25) is 0 Å². The summed E-state index contributed by atoms with van der Waals surface area (Å²) in [4.78, 5) is 19.6. The van der Waals surface area contributed by atoms with Gasteiger partial charge in [0.05, 0.1) is 6.42 Å². The van der Waals surface area contributed by atoms with Crippen molar-refractivity contribution in [1.29, 1.82) is 0 Å². The Labute approximate surface area is 67.7 Å². The SMILES string of the molecule is NC(CC(=O)O)C(=O)O.[Mn]. The summed E-state index contributed by atoms with van der Waals surface area (Å²) in [6, 6.07) is -1.29. The average Bonchev–Trinajstić information content (AvgIpc) is 1.63. The summed E-state index contributed by atoms with van der Waals surface area (Å²) in [6.45, 7) is 0. The number of carboxylic acids is 2. The van der Waals surface area contributed by atoms with E-state index in [1.807, 2.05) is 0 Å². The standard InChI is InChI=1S/C4H7NO4.Mn/c5-2(4(8)9)1-3(6)7;/h2H,1,5H2,(H,6,7)(H,8,9);. The monoisotopic (exact) mass is 188 g/mol. The van der Waals surface area contributed by atoms with Gasteiger partial charge in [0.15, 0.2) is 0 Å². The zero-order valence-electron chi connectivity index (χ0n) is 4.95. The predicted molar refractivity (Wildman–Crippen MR) is 27.9 cm³/mol. The molecule has 0 aliphatic heterocycles. The fourth-order valence-corrected chi connectivity index (χ4v) is 0.275. The summed E-state index contributed by atoms with van der Waals surface area (Å²) in [5, 5.41) is 16.0. The number of hydrogen-bond donors (Lipinski definition) is 3. The fraction of sp³-hybridized carbons (Fsp3) is 0.500. The quantitative estimate of drug-likeness (QED) is 0.486. The van der Waals surface area contributed by atoms with Gasteiger partial charge < -0.3 is 15.9 Å². The Morgan fingerprint density at radius 3 is 1.90 bits per heavy atom. The molecule has 0 amide bonds. The maximum atomic E-state index is 9.85. The smallest absolute Gasteiger partial charge is 0.321 e. The first-order chi connectivity index (χ1) is 4.04. The molecule has 1 unspecified atom stereocenters. The van der Waals surface area contributed by atoms with Crippen LogP contribution in [0.3, 0.4) is 0 Å². The zero-order valence-corrected chi connectivity index (χ0v) is 6.13. The summed E-state index contributed by atoms with van der Waals surface area (Å²) in [5.41, 5.74) is 4.84. The normalized spacial score (nSPS) is 11.3. The Hall–Kier alpha value is -0.581. The van der Waals surface area contributed by atoms with E-state index in [4.69, 9.17) is 15.9 Å². The molecule has 0 aromatic carbocycles. The van der Waals surface area contributed by atoms with Gasteiger partial charge in [0.25, 0.3) is 0 Å². The minimum atomic E-state index is -1.29. The second-order valence-electron chi connectivity index (χ2n) is 1.54. The van der Waals surface area contributed by atoms with E-state index in [2.05, 4.69) is 0 Å². The molecule has 0 saturated carbocycles. The Bertz CT molecular complexity index is 137. The van der Waals surface area contributed by atoms with Crippen molar-refractivity contribution < 1.29 is 36.9 Å². The van der Waals surface area contributed by atoms with E-state index < -0.39 is 24.4 Å². The first-order valence-electron chi connectivity index (χ1n) is 2.24. The molecule has 0 fully saturated rings.